The highest BCUT2D eigenvalue weighted by Crippen LogP contribution is 2.01. The van der Waals surface area contributed by atoms with Crippen molar-refractivity contribution in [3.63, 3.8) is 0 Å². The van der Waals surface area contributed by atoms with Gasteiger partial charge in [-0.3, -0.25) is 0 Å². The van der Waals surface area contributed by atoms with E-state index in [2.05, 4.69) is 10.6 Å². The summed E-state index contributed by atoms with van der Waals surface area (Å²) in [5.41, 5.74) is 0. The fourth-order valence-corrected chi connectivity index (χ4v) is 1.18. The van der Waals surface area contributed by atoms with Crippen molar-refractivity contribution >= 4 is 0 Å². The van der Waals surface area contributed by atoms with Crippen molar-refractivity contribution in [1.29, 1.82) is 0 Å². The second-order valence-corrected chi connectivity index (χ2v) is 2.46. The van der Waals surface area contributed by atoms with E-state index in [1.54, 1.807) is 0 Å². The van der Waals surface area contributed by atoms with Crippen molar-refractivity contribution in [2.45, 2.75) is 18.6 Å². The van der Waals surface area contributed by atoms with Crippen LogP contribution in [0.25, 0.3) is 0 Å². The first-order valence-electron chi connectivity index (χ1n) is 3.40. The number of rotatable bonds is 1. The molecule has 1 heterocycles. The Morgan fingerprint density at radius 3 is 2.89 bits per heavy atom. The van der Waals surface area contributed by atoms with Crippen molar-refractivity contribution in [3.8, 4) is 0 Å². The molecule has 0 aromatic heterocycles. The van der Waals surface area contributed by atoms with Gasteiger partial charge in [-0.05, 0) is 20.0 Å². The van der Waals surface area contributed by atoms with Crippen molar-refractivity contribution in [1.82, 2.24) is 10.6 Å². The lowest BCUT2D eigenvalue weighted by Gasteiger charge is -2.27. The molecular weight excluding hydrogens is 116 g/mol. The Morgan fingerprint density at radius 2 is 2.44 bits per heavy atom. The average molecular weight is 130 g/mol. The molecule has 0 aromatic rings. The minimum Gasteiger partial charge on any atom is -0.390 e. The molecule has 1 aliphatic heterocycles. The Morgan fingerprint density at radius 1 is 1.67 bits per heavy atom. The lowest BCUT2D eigenvalue weighted by molar-refractivity contribution is 0.107. The predicted octanol–water partition coefficient (Wildman–Crippen LogP) is -1.07. The molecule has 0 unspecified atom stereocenters. The average Bonchev–Trinajstić information content (AvgIpc) is 1.89. The molecule has 1 saturated heterocycles. The van der Waals surface area contributed by atoms with E-state index in [0.717, 1.165) is 19.5 Å². The topological polar surface area (TPSA) is 44.3 Å². The van der Waals surface area contributed by atoms with E-state index < -0.39 is 0 Å². The van der Waals surface area contributed by atoms with Crippen LogP contribution in [0.4, 0.5) is 0 Å². The Kier molecular flexibility index (Phi) is 2.45. The number of hydrogen-bond donors (Lipinski definition) is 3. The molecule has 0 saturated carbocycles. The fraction of sp³-hybridized carbons (Fsp3) is 1.00. The molecule has 0 amide bonds. The summed E-state index contributed by atoms with van der Waals surface area (Å²) in [6.45, 7) is 1.74. The number of β-amino-alcohol motifs (C(OH)–C–C–N with tert-alkyl or cyclic N) is 1. The van der Waals surface area contributed by atoms with Gasteiger partial charge in [-0.25, -0.2) is 0 Å². The van der Waals surface area contributed by atoms with Crippen LogP contribution in [-0.2, 0) is 0 Å². The maximum absolute atomic E-state index is 9.24. The van der Waals surface area contributed by atoms with Gasteiger partial charge in [0.05, 0.1) is 6.10 Å². The molecular formula is C6H14N2O. The summed E-state index contributed by atoms with van der Waals surface area (Å²) < 4.78 is 0. The zero-order valence-electron chi connectivity index (χ0n) is 5.72. The van der Waals surface area contributed by atoms with Crippen LogP contribution >= 0.6 is 0 Å². The smallest absolute Gasteiger partial charge is 0.0817 e. The summed E-state index contributed by atoms with van der Waals surface area (Å²) in [6, 6.07) is 0.297. The first-order valence-corrected chi connectivity index (χ1v) is 3.40. The largest absolute Gasteiger partial charge is 0.390 e. The molecule has 3 heteroatoms. The van der Waals surface area contributed by atoms with Gasteiger partial charge in [0.15, 0.2) is 0 Å². The van der Waals surface area contributed by atoms with Gasteiger partial charge < -0.3 is 15.7 Å². The van der Waals surface area contributed by atoms with Gasteiger partial charge in [0.1, 0.15) is 0 Å². The maximum Gasteiger partial charge on any atom is 0.0817 e. The van der Waals surface area contributed by atoms with Crippen molar-refractivity contribution in [2.24, 2.45) is 0 Å². The van der Waals surface area contributed by atoms with Crippen LogP contribution in [0.2, 0.25) is 0 Å². The summed E-state index contributed by atoms with van der Waals surface area (Å²) in [4.78, 5) is 0. The van der Waals surface area contributed by atoms with Crippen LogP contribution in [-0.4, -0.2) is 37.4 Å². The maximum atomic E-state index is 9.24. The Balaban J connectivity index is 2.30. The summed E-state index contributed by atoms with van der Waals surface area (Å²) in [5, 5.41) is 15.4. The zero-order valence-corrected chi connectivity index (χ0v) is 5.72. The van der Waals surface area contributed by atoms with Gasteiger partial charge in [-0.2, -0.15) is 0 Å². The molecule has 0 spiro atoms. The highest BCUT2D eigenvalue weighted by molar-refractivity contribution is 4.81. The first-order chi connectivity index (χ1) is 4.34. The third-order valence-electron chi connectivity index (χ3n) is 1.82. The number of aliphatic hydroxyl groups excluding tert-OH is 1. The normalized spacial score (nSPS) is 36.7. The van der Waals surface area contributed by atoms with E-state index in [9.17, 15) is 5.11 Å². The number of piperidine rings is 1. The van der Waals surface area contributed by atoms with Crippen molar-refractivity contribution in [2.75, 3.05) is 20.1 Å². The molecule has 3 nitrogen and oxygen atoms in total. The van der Waals surface area contributed by atoms with E-state index in [-0.39, 0.29) is 6.10 Å². The standard InChI is InChI=1S/C6H14N2O/c1-7-5-2-3-8-4-6(5)9/h5-9H,2-4H2,1H3/t5-,6+/m1/s1. The van der Waals surface area contributed by atoms with Gasteiger partial charge in [0.25, 0.3) is 0 Å². The molecule has 1 fully saturated rings. The van der Waals surface area contributed by atoms with Crippen LogP contribution in [0.1, 0.15) is 6.42 Å². The van der Waals surface area contributed by atoms with Gasteiger partial charge in [-0.1, -0.05) is 0 Å². The predicted molar refractivity (Wildman–Crippen MR) is 36.3 cm³/mol. The summed E-state index contributed by atoms with van der Waals surface area (Å²) >= 11 is 0. The van der Waals surface area contributed by atoms with Crippen LogP contribution in [0.15, 0.2) is 0 Å². The third-order valence-corrected chi connectivity index (χ3v) is 1.82. The second kappa shape index (κ2) is 3.15. The molecule has 0 aliphatic carbocycles. The van der Waals surface area contributed by atoms with Crippen LogP contribution in [0, 0.1) is 0 Å². The van der Waals surface area contributed by atoms with E-state index in [0.29, 0.717) is 6.04 Å². The molecule has 2 atom stereocenters. The van der Waals surface area contributed by atoms with Crippen LogP contribution < -0.4 is 10.6 Å². The Hall–Kier alpha value is -0.120. The second-order valence-electron chi connectivity index (χ2n) is 2.46. The van der Waals surface area contributed by atoms with Crippen molar-refractivity contribution in [3.05, 3.63) is 0 Å². The molecule has 54 valence electrons. The molecule has 0 aromatic carbocycles. The van der Waals surface area contributed by atoms with Crippen LogP contribution in [0.5, 0.6) is 0 Å². The summed E-state index contributed by atoms with van der Waals surface area (Å²) in [6.07, 6.45) is 0.821. The van der Waals surface area contributed by atoms with E-state index >= 15 is 0 Å². The zero-order chi connectivity index (χ0) is 6.69. The van der Waals surface area contributed by atoms with Gasteiger partial charge in [0.2, 0.25) is 0 Å². The summed E-state index contributed by atoms with van der Waals surface area (Å²) in [5.74, 6) is 0. The molecule has 1 rings (SSSR count). The number of nitrogens with one attached hydrogen (secondary N) is 2. The molecule has 3 N–H and O–H groups in total. The highest BCUT2D eigenvalue weighted by atomic mass is 16.3. The van der Waals surface area contributed by atoms with Gasteiger partial charge in [-0.15, -0.1) is 0 Å². The number of hydrogen-bond acceptors (Lipinski definition) is 3. The van der Waals surface area contributed by atoms with Gasteiger partial charge >= 0.3 is 0 Å². The third kappa shape index (κ3) is 1.64. The Bertz CT molecular complexity index is 87.1. The van der Waals surface area contributed by atoms with E-state index in [4.69, 9.17) is 0 Å². The SMILES string of the molecule is CN[C@@H]1CCNC[C@@H]1O. The fourth-order valence-electron chi connectivity index (χ4n) is 1.18. The Labute approximate surface area is 55.5 Å². The minimum absolute atomic E-state index is 0.205. The molecule has 0 radical (unpaired) electrons. The quantitative estimate of drug-likeness (QED) is 0.423. The molecule has 0 bridgehead atoms. The minimum atomic E-state index is -0.205. The van der Waals surface area contributed by atoms with Crippen LogP contribution in [0.3, 0.4) is 0 Å². The first kappa shape index (κ1) is 6.99. The number of likely N-dealkylation sites (N-methyl/N-ethyl adjacent to an activating group) is 1. The molecule has 1 aliphatic rings. The summed E-state index contributed by atoms with van der Waals surface area (Å²) in [7, 11) is 1.89. The highest BCUT2D eigenvalue weighted by Gasteiger charge is 2.19. The van der Waals surface area contributed by atoms with Gasteiger partial charge in [0, 0.05) is 12.6 Å². The lowest BCUT2D eigenvalue weighted by atomic mass is 10.0. The van der Waals surface area contributed by atoms with E-state index in [1.807, 2.05) is 7.05 Å². The van der Waals surface area contributed by atoms with E-state index in [1.165, 1.54) is 0 Å². The monoisotopic (exact) mass is 130 g/mol. The molecule has 9 heavy (non-hydrogen) atoms. The number of aliphatic hydroxyl groups is 1. The lowest BCUT2D eigenvalue weighted by Crippen LogP contribution is -2.49. The van der Waals surface area contributed by atoms with Crippen molar-refractivity contribution < 1.29 is 5.11 Å².